The first kappa shape index (κ1) is 25.3. The number of nitrogens with zero attached hydrogens (tertiary/aromatic N) is 4. The molecule has 8 heteroatoms. The molecular formula is C28H34FN4OPS. The molecule has 36 heavy (non-hydrogen) atoms. The van der Waals surface area contributed by atoms with Crippen LogP contribution in [0.5, 0.6) is 0 Å². The van der Waals surface area contributed by atoms with Gasteiger partial charge < -0.3 is 9.19 Å². The number of hydrogen-bond donors (Lipinski definition) is 0. The molecule has 0 N–H and O–H groups in total. The van der Waals surface area contributed by atoms with E-state index in [2.05, 4.69) is 20.8 Å². The molecule has 1 aliphatic carbocycles. The van der Waals surface area contributed by atoms with Gasteiger partial charge in [0, 0.05) is 12.6 Å². The van der Waals surface area contributed by atoms with Crippen molar-refractivity contribution in [2.45, 2.75) is 53.1 Å². The van der Waals surface area contributed by atoms with E-state index in [1.807, 2.05) is 53.7 Å². The van der Waals surface area contributed by atoms with Gasteiger partial charge >= 0.3 is 0 Å². The minimum atomic E-state index is -2.78. The lowest BCUT2D eigenvalue weighted by atomic mass is 9.75. The van der Waals surface area contributed by atoms with Gasteiger partial charge in [-0.25, -0.2) is 14.1 Å². The van der Waals surface area contributed by atoms with Crippen LogP contribution in [0.15, 0.2) is 59.6 Å². The molecule has 2 aromatic carbocycles. The maximum atomic E-state index is 13.8. The maximum Gasteiger partial charge on any atom is 0.192 e. The number of amidine groups is 1. The van der Waals surface area contributed by atoms with Crippen LogP contribution in [0.2, 0.25) is 0 Å². The van der Waals surface area contributed by atoms with Gasteiger partial charge in [0.25, 0.3) is 0 Å². The summed E-state index contributed by atoms with van der Waals surface area (Å²) in [5.41, 5.74) is 2.57. The van der Waals surface area contributed by atoms with E-state index in [0.717, 1.165) is 35.1 Å². The standard InChI is InChI=1S/C28H34FN4OPS/c1-18(2)24-16-11-19(3)17-25(24)34-35(36)26-20(4)31-33(23-9-7-6-8-10-23)28(26)30-27(32(35)5)21-12-14-22(29)15-13-21/h6-10,12-15,18-19,24-25H,11,16-17H2,1-5H3. The van der Waals surface area contributed by atoms with Gasteiger partial charge in [-0.2, -0.15) is 5.10 Å². The van der Waals surface area contributed by atoms with Gasteiger partial charge in [0.2, 0.25) is 0 Å². The predicted octanol–water partition coefficient (Wildman–Crippen LogP) is 6.76. The highest BCUT2D eigenvalue weighted by atomic mass is 32.4. The van der Waals surface area contributed by atoms with Crippen LogP contribution in [-0.4, -0.2) is 33.4 Å². The number of aryl methyl sites for hydroxylation is 1. The molecule has 0 saturated heterocycles. The number of fused-ring (bicyclic) bond motifs is 1. The van der Waals surface area contributed by atoms with Crippen molar-refractivity contribution in [2.24, 2.45) is 22.7 Å². The molecule has 0 radical (unpaired) electrons. The third kappa shape index (κ3) is 4.46. The van der Waals surface area contributed by atoms with Crippen LogP contribution < -0.4 is 5.30 Å². The fourth-order valence-corrected chi connectivity index (χ4v) is 9.15. The molecule has 1 fully saturated rings. The average Bonchev–Trinajstić information content (AvgIpc) is 3.19. The number of hydrogen-bond acceptors (Lipinski definition) is 4. The van der Waals surface area contributed by atoms with Crippen LogP contribution >= 0.6 is 6.42 Å². The lowest BCUT2D eigenvalue weighted by Crippen LogP contribution is -2.40. The van der Waals surface area contributed by atoms with Crippen LogP contribution in [-0.2, 0) is 16.3 Å². The van der Waals surface area contributed by atoms with Gasteiger partial charge in [-0.05, 0) is 85.7 Å². The largest absolute Gasteiger partial charge is 0.327 e. The molecule has 1 aromatic heterocycles. The first-order valence-corrected chi connectivity index (χ1v) is 15.4. The number of benzene rings is 2. The van der Waals surface area contributed by atoms with Crippen LogP contribution in [0.3, 0.4) is 0 Å². The van der Waals surface area contributed by atoms with Gasteiger partial charge in [0.1, 0.15) is 11.7 Å². The Labute approximate surface area is 218 Å². The topological polar surface area (TPSA) is 42.6 Å². The van der Waals surface area contributed by atoms with E-state index in [-0.39, 0.29) is 11.9 Å². The van der Waals surface area contributed by atoms with Crippen LogP contribution in [0, 0.1) is 30.5 Å². The van der Waals surface area contributed by atoms with Gasteiger partial charge in [0.05, 0.1) is 22.8 Å². The molecule has 190 valence electrons. The Balaban J connectivity index is 1.68. The Bertz CT molecular complexity index is 1320. The molecule has 1 saturated carbocycles. The predicted molar refractivity (Wildman–Crippen MR) is 149 cm³/mol. The summed E-state index contributed by atoms with van der Waals surface area (Å²) >= 11 is 6.55. The molecule has 2 heterocycles. The van der Waals surface area contributed by atoms with Crippen molar-refractivity contribution in [3.63, 3.8) is 0 Å². The first-order chi connectivity index (χ1) is 17.2. The summed E-state index contributed by atoms with van der Waals surface area (Å²) in [6.07, 6.45) is 0.664. The SMILES string of the molecule is Cc1nn(-c2ccccc2)c2c1P(=S)(OC1CC(C)CCC1C(C)C)N(C)C(c1ccc(F)cc1)=N2. The minimum Gasteiger partial charge on any atom is -0.327 e. The molecule has 0 bridgehead atoms. The summed E-state index contributed by atoms with van der Waals surface area (Å²) < 4.78 is 24.9. The number of rotatable bonds is 5. The minimum absolute atomic E-state index is 0.0712. The average molecular weight is 525 g/mol. The molecule has 5 rings (SSSR count). The number of aromatic nitrogens is 2. The van der Waals surface area contributed by atoms with E-state index in [9.17, 15) is 4.39 Å². The van der Waals surface area contributed by atoms with Crippen LogP contribution in [0.4, 0.5) is 10.2 Å². The molecule has 4 unspecified atom stereocenters. The van der Waals surface area contributed by atoms with Gasteiger partial charge in [-0.3, -0.25) is 0 Å². The third-order valence-corrected chi connectivity index (χ3v) is 11.7. The van der Waals surface area contributed by atoms with Crippen molar-refractivity contribution in [3.8, 4) is 5.69 Å². The van der Waals surface area contributed by atoms with E-state index in [1.54, 1.807) is 12.1 Å². The van der Waals surface area contributed by atoms with Crippen molar-refractivity contribution < 1.29 is 8.91 Å². The zero-order chi connectivity index (χ0) is 25.6. The fraction of sp³-hybridized carbons (Fsp3) is 0.429. The van der Waals surface area contributed by atoms with E-state index >= 15 is 0 Å². The third-order valence-electron chi connectivity index (χ3n) is 7.54. The summed E-state index contributed by atoms with van der Waals surface area (Å²) in [5, 5.41) is 5.81. The summed E-state index contributed by atoms with van der Waals surface area (Å²) in [5.74, 6) is 2.68. The molecule has 3 aromatic rings. The lowest BCUT2D eigenvalue weighted by Gasteiger charge is -2.44. The molecule has 0 amide bonds. The maximum absolute atomic E-state index is 13.8. The van der Waals surface area contributed by atoms with E-state index in [1.165, 1.54) is 18.6 Å². The van der Waals surface area contributed by atoms with E-state index in [4.69, 9.17) is 26.4 Å². The van der Waals surface area contributed by atoms with Crippen molar-refractivity contribution in [2.75, 3.05) is 7.05 Å². The Kier molecular flexibility index (Phi) is 6.92. The van der Waals surface area contributed by atoms with Gasteiger partial charge in [-0.15, -0.1) is 0 Å². The molecule has 4 atom stereocenters. The summed E-state index contributed by atoms with van der Waals surface area (Å²) in [4.78, 5) is 5.08. The number of para-hydroxylation sites is 1. The van der Waals surface area contributed by atoms with E-state index in [0.29, 0.717) is 29.4 Å². The number of aliphatic imine (C=N–C) groups is 1. The van der Waals surface area contributed by atoms with Gasteiger partial charge in [0.15, 0.2) is 12.2 Å². The molecule has 2 aliphatic rings. The highest BCUT2D eigenvalue weighted by Gasteiger charge is 2.44. The smallest absolute Gasteiger partial charge is 0.192 e. The Morgan fingerprint density at radius 1 is 1.08 bits per heavy atom. The number of halogens is 1. The highest BCUT2D eigenvalue weighted by molar-refractivity contribution is 8.15. The van der Waals surface area contributed by atoms with Crippen LogP contribution in [0.1, 0.15) is 51.3 Å². The second-order valence-corrected chi connectivity index (χ2v) is 14.2. The Morgan fingerprint density at radius 3 is 2.44 bits per heavy atom. The van der Waals surface area contributed by atoms with Gasteiger partial charge in [-0.1, -0.05) is 45.4 Å². The fourth-order valence-electron chi connectivity index (χ4n) is 5.53. The van der Waals surface area contributed by atoms with E-state index < -0.39 is 6.42 Å². The second-order valence-electron chi connectivity index (χ2n) is 10.5. The highest BCUT2D eigenvalue weighted by Crippen LogP contribution is 2.58. The quantitative estimate of drug-likeness (QED) is 0.346. The molecule has 1 aliphatic heterocycles. The molecule has 5 nitrogen and oxygen atoms in total. The summed E-state index contributed by atoms with van der Waals surface area (Å²) in [6, 6.07) is 16.4. The first-order valence-electron chi connectivity index (χ1n) is 12.7. The summed E-state index contributed by atoms with van der Waals surface area (Å²) in [6.45, 7) is 8.87. The zero-order valence-electron chi connectivity index (χ0n) is 21.6. The Hall–Kier alpha value is -2.34. The van der Waals surface area contributed by atoms with Crippen molar-refractivity contribution >= 4 is 35.2 Å². The molecule has 0 spiro atoms. The monoisotopic (exact) mass is 524 g/mol. The normalized spacial score (nSPS) is 26.1. The van der Waals surface area contributed by atoms with Crippen molar-refractivity contribution in [1.29, 1.82) is 0 Å². The van der Waals surface area contributed by atoms with Crippen LogP contribution in [0.25, 0.3) is 5.69 Å². The van der Waals surface area contributed by atoms with Crippen molar-refractivity contribution in [3.05, 3.63) is 71.7 Å². The second kappa shape index (κ2) is 9.85. The summed E-state index contributed by atoms with van der Waals surface area (Å²) in [7, 11) is 1.97. The van der Waals surface area contributed by atoms with Crippen molar-refractivity contribution in [1.82, 2.24) is 14.5 Å². The Morgan fingerprint density at radius 2 is 1.78 bits per heavy atom. The molecular weight excluding hydrogens is 490 g/mol. The lowest BCUT2D eigenvalue weighted by molar-refractivity contribution is 0.0527. The zero-order valence-corrected chi connectivity index (χ0v) is 23.3.